The predicted octanol–water partition coefficient (Wildman–Crippen LogP) is 3.10. The molecule has 0 saturated carbocycles. The fourth-order valence-electron chi connectivity index (χ4n) is 2.79. The Morgan fingerprint density at radius 1 is 1.11 bits per heavy atom. The van der Waals surface area contributed by atoms with E-state index < -0.39 is 11.4 Å². The minimum Gasteiger partial charge on any atom is -0.337 e. The maximum absolute atomic E-state index is 13.9. The van der Waals surface area contributed by atoms with E-state index >= 15 is 0 Å². The molecule has 0 saturated heterocycles. The lowest BCUT2D eigenvalue weighted by Crippen LogP contribution is -2.36. The van der Waals surface area contributed by atoms with Crippen LogP contribution in [0.1, 0.15) is 12.5 Å². The van der Waals surface area contributed by atoms with Crippen molar-refractivity contribution in [2.75, 3.05) is 6.54 Å². The highest BCUT2D eigenvalue weighted by molar-refractivity contribution is 5.76. The van der Waals surface area contributed by atoms with Crippen molar-refractivity contribution in [3.63, 3.8) is 0 Å². The molecule has 0 fully saturated rings. The van der Waals surface area contributed by atoms with Gasteiger partial charge in [-0.25, -0.2) is 9.37 Å². The molecule has 138 valence electrons. The summed E-state index contributed by atoms with van der Waals surface area (Å²) in [5, 5.41) is 0. The summed E-state index contributed by atoms with van der Waals surface area (Å²) in [5.41, 5.74) is 1.13. The summed E-state index contributed by atoms with van der Waals surface area (Å²) in [4.78, 5) is 30.8. The summed E-state index contributed by atoms with van der Waals surface area (Å²) in [7, 11) is 0. The van der Waals surface area contributed by atoms with Crippen LogP contribution < -0.4 is 5.56 Å². The Hall–Kier alpha value is -3.28. The van der Waals surface area contributed by atoms with Crippen LogP contribution in [0.4, 0.5) is 4.39 Å². The first-order valence-corrected chi connectivity index (χ1v) is 8.71. The lowest BCUT2D eigenvalue weighted by atomic mass is 10.1. The molecule has 0 radical (unpaired) electrons. The fourth-order valence-corrected chi connectivity index (χ4v) is 2.79. The maximum Gasteiger partial charge on any atom is 0.254 e. The second-order valence-electron chi connectivity index (χ2n) is 6.11. The van der Waals surface area contributed by atoms with Crippen molar-refractivity contribution in [1.29, 1.82) is 0 Å². The zero-order valence-corrected chi connectivity index (χ0v) is 15.0. The number of amides is 1. The number of benzene rings is 2. The van der Waals surface area contributed by atoms with Gasteiger partial charge in [0.1, 0.15) is 12.4 Å². The number of aromatic nitrogens is 2. The van der Waals surface area contributed by atoms with E-state index in [9.17, 15) is 14.0 Å². The summed E-state index contributed by atoms with van der Waals surface area (Å²) >= 11 is 0. The Kier molecular flexibility index (Phi) is 5.76. The molecule has 0 spiro atoms. The van der Waals surface area contributed by atoms with Crippen molar-refractivity contribution in [3.8, 4) is 11.3 Å². The van der Waals surface area contributed by atoms with Gasteiger partial charge in [-0.05, 0) is 24.6 Å². The normalized spacial score (nSPS) is 10.6. The highest BCUT2D eigenvalue weighted by Crippen LogP contribution is 2.18. The van der Waals surface area contributed by atoms with Crippen LogP contribution in [0, 0.1) is 5.82 Å². The average Bonchev–Trinajstić information content (AvgIpc) is 2.69. The molecule has 2 aromatic carbocycles. The standard InChI is InChI=1S/C21H20FN3O2/c1-2-24(13-16-8-4-3-5-9-16)21(27)14-25-15-23-19(12-20(25)26)17-10-6-7-11-18(17)22/h3-12,15H,2,13-14H2,1H3. The van der Waals surface area contributed by atoms with Crippen LogP contribution in [-0.2, 0) is 17.9 Å². The highest BCUT2D eigenvalue weighted by atomic mass is 19.1. The molecule has 0 aliphatic carbocycles. The van der Waals surface area contributed by atoms with Gasteiger partial charge in [-0.15, -0.1) is 0 Å². The zero-order valence-electron chi connectivity index (χ0n) is 15.0. The third-order valence-corrected chi connectivity index (χ3v) is 4.29. The molecular formula is C21H20FN3O2. The van der Waals surface area contributed by atoms with E-state index in [4.69, 9.17) is 0 Å². The number of hydrogen-bond donors (Lipinski definition) is 0. The van der Waals surface area contributed by atoms with E-state index in [1.807, 2.05) is 37.3 Å². The number of rotatable bonds is 6. The topological polar surface area (TPSA) is 55.2 Å². The first kappa shape index (κ1) is 18.5. The molecule has 0 N–H and O–H groups in total. The number of carbonyl (C=O) groups is 1. The number of halogens is 1. The van der Waals surface area contributed by atoms with Crippen molar-refractivity contribution in [1.82, 2.24) is 14.5 Å². The molecular weight excluding hydrogens is 345 g/mol. The Balaban J connectivity index is 1.76. The lowest BCUT2D eigenvalue weighted by molar-refractivity contribution is -0.132. The van der Waals surface area contributed by atoms with Gasteiger partial charge in [0.05, 0.1) is 12.0 Å². The van der Waals surface area contributed by atoms with Gasteiger partial charge in [0.25, 0.3) is 5.56 Å². The molecule has 1 aromatic heterocycles. The Bertz CT molecular complexity index is 986. The Morgan fingerprint density at radius 3 is 2.48 bits per heavy atom. The van der Waals surface area contributed by atoms with Crippen molar-refractivity contribution in [3.05, 3.63) is 88.7 Å². The summed E-state index contributed by atoms with van der Waals surface area (Å²) in [6.07, 6.45) is 1.29. The van der Waals surface area contributed by atoms with Gasteiger partial charge >= 0.3 is 0 Å². The molecule has 0 atom stereocenters. The minimum absolute atomic E-state index is 0.107. The summed E-state index contributed by atoms with van der Waals surface area (Å²) < 4.78 is 15.1. The summed E-state index contributed by atoms with van der Waals surface area (Å²) in [5.74, 6) is -0.623. The van der Waals surface area contributed by atoms with Crippen LogP contribution in [0.25, 0.3) is 11.3 Å². The lowest BCUT2D eigenvalue weighted by Gasteiger charge is -2.21. The monoisotopic (exact) mass is 365 g/mol. The third kappa shape index (κ3) is 4.47. The molecule has 0 aliphatic heterocycles. The van der Waals surface area contributed by atoms with Crippen LogP contribution in [-0.4, -0.2) is 26.9 Å². The van der Waals surface area contributed by atoms with E-state index in [2.05, 4.69) is 4.98 Å². The van der Waals surface area contributed by atoms with Crippen molar-refractivity contribution >= 4 is 5.91 Å². The second kappa shape index (κ2) is 8.40. The van der Waals surface area contributed by atoms with Gasteiger partial charge in [-0.2, -0.15) is 0 Å². The summed E-state index contributed by atoms with van der Waals surface area (Å²) in [6.45, 7) is 2.79. The molecule has 27 heavy (non-hydrogen) atoms. The second-order valence-corrected chi connectivity index (χ2v) is 6.11. The quantitative estimate of drug-likeness (QED) is 0.674. The van der Waals surface area contributed by atoms with E-state index in [1.165, 1.54) is 23.0 Å². The maximum atomic E-state index is 13.9. The molecule has 1 amide bonds. The smallest absolute Gasteiger partial charge is 0.254 e. The van der Waals surface area contributed by atoms with E-state index in [1.54, 1.807) is 23.1 Å². The fraction of sp³-hybridized carbons (Fsp3) is 0.190. The number of hydrogen-bond acceptors (Lipinski definition) is 3. The molecule has 0 unspecified atom stereocenters. The van der Waals surface area contributed by atoms with Crippen molar-refractivity contribution < 1.29 is 9.18 Å². The summed E-state index contributed by atoms with van der Waals surface area (Å²) in [6, 6.07) is 17.0. The van der Waals surface area contributed by atoms with Crippen LogP contribution in [0.3, 0.4) is 0 Å². The zero-order chi connectivity index (χ0) is 19.2. The van der Waals surface area contributed by atoms with Gasteiger partial charge in [-0.1, -0.05) is 42.5 Å². The first-order chi connectivity index (χ1) is 13.1. The number of nitrogens with zero attached hydrogens (tertiary/aromatic N) is 3. The van der Waals surface area contributed by atoms with Crippen LogP contribution in [0.5, 0.6) is 0 Å². The SMILES string of the molecule is CCN(Cc1ccccc1)C(=O)Cn1cnc(-c2ccccc2F)cc1=O. The van der Waals surface area contributed by atoms with E-state index in [0.29, 0.717) is 13.1 Å². The van der Waals surface area contributed by atoms with Gasteiger partial charge < -0.3 is 4.90 Å². The average molecular weight is 365 g/mol. The minimum atomic E-state index is -0.446. The molecule has 6 heteroatoms. The first-order valence-electron chi connectivity index (χ1n) is 8.71. The number of likely N-dealkylation sites (N-methyl/N-ethyl adjacent to an activating group) is 1. The molecule has 3 aromatic rings. The van der Waals surface area contributed by atoms with Crippen molar-refractivity contribution in [2.24, 2.45) is 0 Å². The molecule has 0 aliphatic rings. The van der Waals surface area contributed by atoms with Gasteiger partial charge in [0.15, 0.2) is 0 Å². The van der Waals surface area contributed by atoms with Gasteiger partial charge in [0, 0.05) is 24.7 Å². The molecule has 3 rings (SSSR count). The van der Waals surface area contributed by atoms with Gasteiger partial charge in [0.2, 0.25) is 5.91 Å². The van der Waals surface area contributed by atoms with Crippen molar-refractivity contribution in [2.45, 2.75) is 20.0 Å². The third-order valence-electron chi connectivity index (χ3n) is 4.29. The van der Waals surface area contributed by atoms with Crippen LogP contribution in [0.2, 0.25) is 0 Å². The Morgan fingerprint density at radius 2 is 1.81 bits per heavy atom. The van der Waals surface area contributed by atoms with E-state index in [0.717, 1.165) is 5.56 Å². The van der Waals surface area contributed by atoms with E-state index in [-0.39, 0.29) is 23.7 Å². The van der Waals surface area contributed by atoms with Gasteiger partial charge in [-0.3, -0.25) is 14.2 Å². The molecule has 5 nitrogen and oxygen atoms in total. The molecule has 1 heterocycles. The molecule has 0 bridgehead atoms. The van der Waals surface area contributed by atoms with Crippen LogP contribution in [0.15, 0.2) is 71.8 Å². The largest absolute Gasteiger partial charge is 0.337 e. The predicted molar refractivity (Wildman–Crippen MR) is 101 cm³/mol. The number of carbonyl (C=O) groups excluding carboxylic acids is 1. The highest BCUT2D eigenvalue weighted by Gasteiger charge is 2.14. The van der Waals surface area contributed by atoms with Crippen LogP contribution >= 0.6 is 0 Å². The Labute approximate surface area is 156 Å².